The van der Waals surface area contributed by atoms with Crippen LogP contribution in [0, 0.1) is 18.8 Å². The molecule has 2 heterocycles. The normalized spacial score (nSPS) is 31.8. The number of rotatable bonds is 5. The Kier molecular flexibility index (Phi) is 3.48. The first-order chi connectivity index (χ1) is 11.4. The molecule has 2 amide bonds. The third-order valence-electron chi connectivity index (χ3n) is 5.78. The lowest BCUT2D eigenvalue weighted by atomic mass is 9.91. The Bertz CT molecular complexity index is 675. The van der Waals surface area contributed by atoms with Gasteiger partial charge in [0.1, 0.15) is 17.7 Å². The van der Waals surface area contributed by atoms with Crippen LogP contribution in [-0.4, -0.2) is 40.0 Å². The van der Waals surface area contributed by atoms with Crippen molar-refractivity contribution >= 4 is 11.8 Å². The Hall–Kier alpha value is -1.85. The van der Waals surface area contributed by atoms with E-state index in [2.05, 4.69) is 10.5 Å². The highest BCUT2D eigenvalue weighted by atomic mass is 16.5. The number of aryl methyl sites for hydroxylation is 1. The van der Waals surface area contributed by atoms with E-state index >= 15 is 0 Å². The molecule has 1 unspecified atom stereocenters. The number of hydrogen-bond donors (Lipinski definition) is 1. The lowest BCUT2D eigenvalue weighted by molar-refractivity contribution is -0.141. The van der Waals surface area contributed by atoms with E-state index in [4.69, 9.17) is 4.52 Å². The highest BCUT2D eigenvalue weighted by Crippen LogP contribution is 2.66. The standard InChI is InChI=1S/C18H25N3O3/c1-10(2)15(14-7-11(3)20-24-14)17(23)21-6-4-5-13(21)16(22)19-18-8-12(18)9-18/h7,10,12-13,15H,4-6,8-9H2,1-3H3,(H,19,22)/t12?,13?,15-,18?/m1/s1. The molecule has 0 bridgehead atoms. The molecular formula is C18H25N3O3. The third-order valence-corrected chi connectivity index (χ3v) is 5.78. The van der Waals surface area contributed by atoms with Gasteiger partial charge in [0.15, 0.2) is 0 Å². The van der Waals surface area contributed by atoms with E-state index in [9.17, 15) is 9.59 Å². The molecule has 0 radical (unpaired) electrons. The topological polar surface area (TPSA) is 75.4 Å². The molecule has 2 atom stereocenters. The summed E-state index contributed by atoms with van der Waals surface area (Å²) in [6.07, 6.45) is 3.86. The quantitative estimate of drug-likeness (QED) is 0.895. The van der Waals surface area contributed by atoms with Gasteiger partial charge in [-0.1, -0.05) is 19.0 Å². The maximum absolute atomic E-state index is 13.2. The summed E-state index contributed by atoms with van der Waals surface area (Å²) in [5.74, 6) is 1.02. The number of carbonyl (C=O) groups is 2. The van der Waals surface area contributed by atoms with Gasteiger partial charge in [0.25, 0.3) is 0 Å². The van der Waals surface area contributed by atoms with Gasteiger partial charge in [0.2, 0.25) is 11.8 Å². The van der Waals surface area contributed by atoms with Crippen LogP contribution in [0.25, 0.3) is 0 Å². The minimum Gasteiger partial charge on any atom is -0.360 e. The zero-order valence-electron chi connectivity index (χ0n) is 14.5. The molecule has 0 spiro atoms. The van der Waals surface area contributed by atoms with Gasteiger partial charge in [0.05, 0.1) is 5.69 Å². The van der Waals surface area contributed by atoms with Crippen LogP contribution in [-0.2, 0) is 9.59 Å². The van der Waals surface area contributed by atoms with Gasteiger partial charge in [-0.15, -0.1) is 0 Å². The molecule has 6 nitrogen and oxygen atoms in total. The summed E-state index contributed by atoms with van der Waals surface area (Å²) in [6, 6.07) is 1.49. The number of fused-ring (bicyclic) bond motifs is 1. The van der Waals surface area contributed by atoms with E-state index in [1.807, 2.05) is 26.8 Å². The Labute approximate surface area is 141 Å². The number of hydrogen-bond acceptors (Lipinski definition) is 4. The first kappa shape index (κ1) is 15.7. The number of nitrogens with zero attached hydrogens (tertiary/aromatic N) is 2. The van der Waals surface area contributed by atoms with Crippen LogP contribution < -0.4 is 5.32 Å². The largest absolute Gasteiger partial charge is 0.360 e. The predicted molar refractivity (Wildman–Crippen MR) is 87.2 cm³/mol. The van der Waals surface area contributed by atoms with Crippen molar-refractivity contribution in [2.24, 2.45) is 11.8 Å². The van der Waals surface area contributed by atoms with Crippen molar-refractivity contribution in [2.45, 2.75) is 64.0 Å². The zero-order chi connectivity index (χ0) is 17.1. The van der Waals surface area contributed by atoms with Crippen LogP contribution in [0.15, 0.2) is 10.6 Å². The van der Waals surface area contributed by atoms with Crippen LogP contribution in [0.1, 0.15) is 56.9 Å². The maximum atomic E-state index is 13.2. The molecule has 6 heteroatoms. The van der Waals surface area contributed by atoms with Gasteiger partial charge in [-0.05, 0) is 44.4 Å². The van der Waals surface area contributed by atoms with Crippen LogP contribution in [0.2, 0.25) is 0 Å². The molecule has 3 fully saturated rings. The summed E-state index contributed by atoms with van der Waals surface area (Å²) < 4.78 is 5.36. The minimum absolute atomic E-state index is 0.0144. The van der Waals surface area contributed by atoms with Gasteiger partial charge < -0.3 is 14.7 Å². The Morgan fingerprint density at radius 3 is 2.67 bits per heavy atom. The fourth-order valence-electron chi connectivity index (χ4n) is 3.98. The molecule has 2 saturated carbocycles. The average Bonchev–Trinajstić information content (AvgIpc) is 3.15. The van der Waals surface area contributed by atoms with E-state index in [1.54, 1.807) is 4.90 Å². The van der Waals surface area contributed by atoms with E-state index in [0.29, 0.717) is 18.2 Å². The van der Waals surface area contributed by atoms with Crippen LogP contribution >= 0.6 is 0 Å². The average molecular weight is 331 g/mol. The fraction of sp³-hybridized carbons (Fsp3) is 0.722. The first-order valence-electron chi connectivity index (χ1n) is 8.97. The van der Waals surface area contributed by atoms with Crippen molar-refractivity contribution in [2.75, 3.05) is 6.54 Å². The lowest BCUT2D eigenvalue weighted by Crippen LogP contribution is -2.49. The number of aromatic nitrogens is 1. The summed E-state index contributed by atoms with van der Waals surface area (Å²) in [5, 5.41) is 7.09. The highest BCUT2D eigenvalue weighted by Gasteiger charge is 2.71. The summed E-state index contributed by atoms with van der Waals surface area (Å²) >= 11 is 0. The van der Waals surface area contributed by atoms with E-state index in [0.717, 1.165) is 31.4 Å². The van der Waals surface area contributed by atoms with Gasteiger partial charge in [-0.3, -0.25) is 9.59 Å². The summed E-state index contributed by atoms with van der Waals surface area (Å²) in [4.78, 5) is 27.6. The van der Waals surface area contributed by atoms with Crippen molar-refractivity contribution in [3.63, 3.8) is 0 Å². The molecule has 1 aliphatic heterocycles. The zero-order valence-corrected chi connectivity index (χ0v) is 14.5. The molecular weight excluding hydrogens is 306 g/mol. The van der Waals surface area contributed by atoms with Crippen molar-refractivity contribution in [1.29, 1.82) is 0 Å². The van der Waals surface area contributed by atoms with E-state index in [1.165, 1.54) is 0 Å². The fourth-order valence-corrected chi connectivity index (χ4v) is 3.98. The smallest absolute Gasteiger partial charge is 0.243 e. The van der Waals surface area contributed by atoms with Gasteiger partial charge in [-0.25, -0.2) is 0 Å². The monoisotopic (exact) mass is 331 g/mol. The molecule has 130 valence electrons. The van der Waals surface area contributed by atoms with Crippen molar-refractivity contribution < 1.29 is 14.1 Å². The Morgan fingerprint density at radius 2 is 2.12 bits per heavy atom. The molecule has 1 saturated heterocycles. The molecule has 1 aromatic heterocycles. The first-order valence-corrected chi connectivity index (χ1v) is 8.97. The number of nitrogens with one attached hydrogen (secondary N) is 1. The number of amides is 2. The molecule has 0 aromatic carbocycles. The van der Waals surface area contributed by atoms with Crippen LogP contribution in [0.3, 0.4) is 0 Å². The SMILES string of the molecule is Cc1cc([C@H](C(=O)N2CCCC2C(=O)NC23CC2C3)C(C)C)on1. The third kappa shape index (κ3) is 2.52. The maximum Gasteiger partial charge on any atom is 0.243 e. The van der Waals surface area contributed by atoms with Crippen molar-refractivity contribution in [3.8, 4) is 0 Å². The number of likely N-dealkylation sites (tertiary alicyclic amines) is 1. The van der Waals surface area contributed by atoms with Crippen LogP contribution in [0.5, 0.6) is 0 Å². The molecule has 1 N–H and O–H groups in total. The summed E-state index contributed by atoms with van der Waals surface area (Å²) in [7, 11) is 0. The molecule has 1 aromatic rings. The lowest BCUT2D eigenvalue weighted by Gasteiger charge is -2.29. The Morgan fingerprint density at radius 1 is 1.42 bits per heavy atom. The van der Waals surface area contributed by atoms with Crippen molar-refractivity contribution in [1.82, 2.24) is 15.4 Å². The molecule has 2 aliphatic carbocycles. The number of carbonyl (C=O) groups excluding carboxylic acids is 2. The van der Waals surface area contributed by atoms with E-state index in [-0.39, 0.29) is 35.2 Å². The van der Waals surface area contributed by atoms with Gasteiger partial charge in [-0.2, -0.15) is 0 Å². The van der Waals surface area contributed by atoms with E-state index < -0.39 is 0 Å². The molecule has 24 heavy (non-hydrogen) atoms. The van der Waals surface area contributed by atoms with Gasteiger partial charge >= 0.3 is 0 Å². The highest BCUT2D eigenvalue weighted by molar-refractivity contribution is 5.91. The minimum atomic E-state index is -0.382. The second-order valence-electron chi connectivity index (χ2n) is 8.03. The molecule has 3 aliphatic rings. The van der Waals surface area contributed by atoms with Crippen molar-refractivity contribution in [3.05, 3.63) is 17.5 Å². The second kappa shape index (κ2) is 5.33. The summed E-state index contributed by atoms with van der Waals surface area (Å²) in [6.45, 7) is 6.50. The Balaban J connectivity index is 1.51. The van der Waals surface area contributed by atoms with Crippen LogP contribution in [0.4, 0.5) is 0 Å². The van der Waals surface area contributed by atoms with Gasteiger partial charge in [0, 0.05) is 18.2 Å². The predicted octanol–water partition coefficient (Wildman–Crippen LogP) is 1.99. The molecule has 4 rings (SSSR count). The summed E-state index contributed by atoms with van der Waals surface area (Å²) in [5.41, 5.74) is 0.875. The second-order valence-corrected chi connectivity index (χ2v) is 8.03.